The minimum atomic E-state index is -2.82. The standard InChI is InChI=1S/C36H33ClN2O6S/c1-22-16-23(2)35(24(3)32(22)18-25-9-12-29(37)13-10-25)39(46(44)45)21-34(41)38(30-14-15-31(36(42)43)33(40)19-30)20-26-8-11-27-6-4-5-7-28(27)17-26/h4-17,19,40H,18,20-21H2,1-3H3,(H,42,43)(H,44,45)/p-1. The van der Waals surface area contributed by atoms with E-state index >= 15 is 0 Å². The van der Waals surface area contributed by atoms with Gasteiger partial charge < -0.3 is 19.7 Å². The van der Waals surface area contributed by atoms with Crippen LogP contribution in [0.4, 0.5) is 11.4 Å². The molecule has 8 nitrogen and oxygen atoms in total. The van der Waals surface area contributed by atoms with E-state index in [4.69, 9.17) is 11.6 Å². The lowest BCUT2D eigenvalue weighted by Crippen LogP contribution is -2.41. The smallest absolute Gasteiger partial charge is 0.339 e. The lowest BCUT2D eigenvalue weighted by atomic mass is 9.92. The molecule has 46 heavy (non-hydrogen) atoms. The summed E-state index contributed by atoms with van der Waals surface area (Å²) < 4.78 is 26.7. The van der Waals surface area contributed by atoms with Crippen LogP contribution in [0, 0.1) is 20.8 Å². The van der Waals surface area contributed by atoms with Crippen molar-refractivity contribution in [3.8, 4) is 5.75 Å². The molecule has 236 valence electrons. The molecule has 0 aromatic heterocycles. The van der Waals surface area contributed by atoms with Crippen molar-refractivity contribution in [3.63, 3.8) is 0 Å². The summed E-state index contributed by atoms with van der Waals surface area (Å²) >= 11 is 3.25. The first-order chi connectivity index (χ1) is 21.9. The van der Waals surface area contributed by atoms with Crippen molar-refractivity contribution >= 4 is 56.9 Å². The number of aromatic hydroxyl groups is 1. The Morgan fingerprint density at radius 3 is 2.17 bits per heavy atom. The number of carboxylic acids is 1. The molecule has 0 aliphatic rings. The number of amides is 1. The molecule has 0 saturated heterocycles. The first kappa shape index (κ1) is 32.7. The van der Waals surface area contributed by atoms with Crippen LogP contribution in [0.2, 0.25) is 5.02 Å². The van der Waals surface area contributed by atoms with E-state index in [1.165, 1.54) is 23.1 Å². The number of rotatable bonds is 10. The molecule has 10 heteroatoms. The van der Waals surface area contributed by atoms with Gasteiger partial charge in [-0.05, 0) is 102 Å². The Hall–Kier alpha value is -4.70. The van der Waals surface area contributed by atoms with Crippen LogP contribution < -0.4 is 9.21 Å². The Morgan fingerprint density at radius 2 is 1.52 bits per heavy atom. The molecule has 2 N–H and O–H groups in total. The first-order valence-corrected chi connectivity index (χ1v) is 15.9. The Bertz CT molecular complexity index is 1980. The Morgan fingerprint density at radius 1 is 0.848 bits per heavy atom. The monoisotopic (exact) mass is 655 g/mol. The largest absolute Gasteiger partial charge is 0.755 e. The summed E-state index contributed by atoms with van der Waals surface area (Å²) in [5, 5.41) is 22.5. The molecule has 5 aromatic carbocycles. The summed E-state index contributed by atoms with van der Waals surface area (Å²) in [7, 11) is 0. The van der Waals surface area contributed by atoms with Gasteiger partial charge in [0.15, 0.2) is 0 Å². The molecule has 1 amide bonds. The van der Waals surface area contributed by atoms with Gasteiger partial charge in [0.2, 0.25) is 5.91 Å². The zero-order valence-electron chi connectivity index (χ0n) is 25.5. The van der Waals surface area contributed by atoms with E-state index in [1.54, 1.807) is 19.1 Å². The number of hydrogen-bond donors (Lipinski definition) is 2. The van der Waals surface area contributed by atoms with Crippen molar-refractivity contribution in [1.82, 2.24) is 0 Å². The minimum Gasteiger partial charge on any atom is -0.755 e. The second kappa shape index (κ2) is 13.7. The SMILES string of the molecule is Cc1cc(C)c(N(CC(=O)N(Cc2ccc3ccccc3c2)c2ccc(C(=O)O)c(O)c2)S(=O)[O-])c(C)c1Cc1ccc(Cl)cc1. The van der Waals surface area contributed by atoms with E-state index in [0.29, 0.717) is 22.7 Å². The van der Waals surface area contributed by atoms with Gasteiger partial charge in [0.25, 0.3) is 0 Å². The predicted molar refractivity (Wildman–Crippen MR) is 181 cm³/mol. The number of carboxylic acid groups (broad SMARTS) is 1. The average molecular weight is 656 g/mol. The summed E-state index contributed by atoms with van der Waals surface area (Å²) in [6, 6.07) is 26.7. The minimum absolute atomic E-state index is 0.0442. The van der Waals surface area contributed by atoms with Gasteiger partial charge in [-0.2, -0.15) is 0 Å². The Kier molecular flexibility index (Phi) is 9.76. The fourth-order valence-electron chi connectivity index (χ4n) is 5.80. The Balaban J connectivity index is 1.53. The highest BCUT2D eigenvalue weighted by Crippen LogP contribution is 2.34. The van der Waals surface area contributed by atoms with Crippen LogP contribution in [0.5, 0.6) is 5.75 Å². The van der Waals surface area contributed by atoms with E-state index in [0.717, 1.165) is 42.9 Å². The molecule has 0 bridgehead atoms. The van der Waals surface area contributed by atoms with Crippen molar-refractivity contribution in [2.45, 2.75) is 33.7 Å². The predicted octanol–water partition coefficient (Wildman–Crippen LogP) is 7.25. The number of aromatic carboxylic acids is 1. The third kappa shape index (κ3) is 7.07. The average Bonchev–Trinajstić information content (AvgIpc) is 3.01. The highest BCUT2D eigenvalue weighted by Gasteiger charge is 2.25. The van der Waals surface area contributed by atoms with E-state index in [9.17, 15) is 28.6 Å². The van der Waals surface area contributed by atoms with Gasteiger partial charge in [-0.15, -0.1) is 0 Å². The zero-order valence-corrected chi connectivity index (χ0v) is 27.1. The molecular weight excluding hydrogens is 624 g/mol. The third-order valence-corrected chi connectivity index (χ3v) is 9.00. The summed E-state index contributed by atoms with van der Waals surface area (Å²) in [5.41, 5.74) is 5.42. The van der Waals surface area contributed by atoms with Crippen LogP contribution in [0.25, 0.3) is 10.8 Å². The summed E-state index contributed by atoms with van der Waals surface area (Å²) in [4.78, 5) is 27.0. The Labute approximate surface area is 274 Å². The van der Waals surface area contributed by atoms with Crippen molar-refractivity contribution in [2.24, 2.45) is 0 Å². The highest BCUT2D eigenvalue weighted by atomic mass is 35.5. The lowest BCUT2D eigenvalue weighted by Gasteiger charge is -2.33. The van der Waals surface area contributed by atoms with Gasteiger partial charge in [0, 0.05) is 28.0 Å². The van der Waals surface area contributed by atoms with Crippen molar-refractivity contribution in [3.05, 3.63) is 135 Å². The van der Waals surface area contributed by atoms with Crippen molar-refractivity contribution in [2.75, 3.05) is 15.7 Å². The van der Waals surface area contributed by atoms with Gasteiger partial charge in [0.05, 0.1) is 12.2 Å². The number of benzene rings is 5. The maximum absolute atomic E-state index is 14.1. The van der Waals surface area contributed by atoms with Gasteiger partial charge in [-0.3, -0.25) is 13.3 Å². The molecule has 0 aliphatic carbocycles. The number of phenols is 1. The first-order valence-electron chi connectivity index (χ1n) is 14.5. The number of nitrogens with zero attached hydrogens (tertiary/aromatic N) is 2. The molecule has 5 rings (SSSR count). The summed E-state index contributed by atoms with van der Waals surface area (Å²) in [6.07, 6.45) is 0.540. The maximum Gasteiger partial charge on any atom is 0.339 e. The number of carbonyl (C=O) groups excluding carboxylic acids is 1. The van der Waals surface area contributed by atoms with Crippen LogP contribution in [0.1, 0.15) is 43.7 Å². The third-order valence-electron chi connectivity index (χ3n) is 8.07. The summed E-state index contributed by atoms with van der Waals surface area (Å²) in [6.45, 7) is 5.14. The maximum atomic E-state index is 14.1. The second-order valence-corrected chi connectivity index (χ2v) is 12.5. The molecule has 0 saturated carbocycles. The normalized spacial score (nSPS) is 11.8. The highest BCUT2D eigenvalue weighted by molar-refractivity contribution is 7.80. The molecule has 0 fully saturated rings. The fraction of sp³-hybridized carbons (Fsp3) is 0.167. The number of halogens is 1. The molecule has 0 radical (unpaired) electrons. The number of fused-ring (bicyclic) bond motifs is 1. The van der Waals surface area contributed by atoms with E-state index < -0.39 is 35.4 Å². The molecule has 0 aliphatic heterocycles. The number of aryl methyl sites for hydroxylation is 2. The van der Waals surface area contributed by atoms with Gasteiger partial charge in [-0.25, -0.2) is 4.79 Å². The zero-order chi connectivity index (χ0) is 33.1. The quantitative estimate of drug-likeness (QED) is 0.153. The van der Waals surface area contributed by atoms with Gasteiger partial charge >= 0.3 is 5.97 Å². The molecule has 1 unspecified atom stereocenters. The number of hydrogen-bond acceptors (Lipinski definition) is 5. The van der Waals surface area contributed by atoms with Crippen LogP contribution in [0.3, 0.4) is 0 Å². The van der Waals surface area contributed by atoms with Gasteiger partial charge in [0.1, 0.15) is 17.9 Å². The van der Waals surface area contributed by atoms with Crippen molar-refractivity contribution in [1.29, 1.82) is 0 Å². The molecule has 5 aromatic rings. The lowest BCUT2D eigenvalue weighted by molar-refractivity contribution is -0.117. The van der Waals surface area contributed by atoms with Crippen LogP contribution >= 0.6 is 11.6 Å². The van der Waals surface area contributed by atoms with Crippen LogP contribution in [-0.4, -0.2) is 37.4 Å². The van der Waals surface area contributed by atoms with E-state index in [-0.39, 0.29) is 17.8 Å². The van der Waals surface area contributed by atoms with Crippen LogP contribution in [-0.2, 0) is 29.0 Å². The van der Waals surface area contributed by atoms with Crippen LogP contribution in [0.15, 0.2) is 91.0 Å². The second-order valence-electron chi connectivity index (χ2n) is 11.2. The summed E-state index contributed by atoms with van der Waals surface area (Å²) in [5.74, 6) is -2.40. The fourth-order valence-corrected chi connectivity index (χ4v) is 6.58. The molecule has 1 atom stereocenters. The molecule has 0 spiro atoms. The molecular formula is C36H32ClN2O6S-. The molecule has 0 heterocycles. The number of carbonyl (C=O) groups is 2. The van der Waals surface area contributed by atoms with E-state index in [1.807, 2.05) is 74.5 Å². The van der Waals surface area contributed by atoms with Gasteiger partial charge in [-0.1, -0.05) is 66.2 Å². The van der Waals surface area contributed by atoms with E-state index in [2.05, 4.69) is 0 Å². The topological polar surface area (TPSA) is 121 Å². The number of anilines is 2. The van der Waals surface area contributed by atoms with Crippen molar-refractivity contribution < 1.29 is 28.6 Å².